The molecule has 0 aliphatic carbocycles. The Bertz CT molecular complexity index is 511. The summed E-state index contributed by atoms with van der Waals surface area (Å²) in [6, 6.07) is 2.93. The normalized spacial score (nSPS) is 11.1. The summed E-state index contributed by atoms with van der Waals surface area (Å²) < 4.78 is 22.7. The molecule has 1 rings (SSSR count). The van der Waals surface area contributed by atoms with E-state index < -0.39 is 15.7 Å². The number of hydrogen-bond acceptors (Lipinski definition) is 5. The molecule has 0 radical (unpaired) electrons. The number of carbonyl (C=O) groups is 1. The number of rotatable bonds is 4. The first kappa shape index (κ1) is 12.4. The minimum absolute atomic E-state index is 0.0142. The highest BCUT2D eigenvalue weighted by atomic mass is 32.2. The van der Waals surface area contributed by atoms with E-state index in [0.29, 0.717) is 11.4 Å². The van der Waals surface area contributed by atoms with Crippen molar-refractivity contribution in [1.29, 1.82) is 0 Å². The molecule has 3 N–H and O–H groups in total. The minimum atomic E-state index is -3.40. The lowest BCUT2D eigenvalue weighted by Gasteiger charge is -2.06. The SMILES string of the molecule is CNc1cc(CC(N)=O)cc(S(C)(=O)=O)n1. The lowest BCUT2D eigenvalue weighted by molar-refractivity contribution is -0.117. The highest BCUT2D eigenvalue weighted by Crippen LogP contribution is 2.14. The summed E-state index contributed by atoms with van der Waals surface area (Å²) in [7, 11) is -1.78. The number of hydrogen-bond donors (Lipinski definition) is 2. The van der Waals surface area contributed by atoms with Crippen LogP contribution in [0.15, 0.2) is 17.2 Å². The molecule has 1 amide bonds. The molecule has 0 saturated carbocycles. The van der Waals surface area contributed by atoms with Crippen LogP contribution in [0, 0.1) is 0 Å². The van der Waals surface area contributed by atoms with Crippen molar-refractivity contribution in [3.8, 4) is 0 Å². The molecule has 1 aromatic rings. The van der Waals surface area contributed by atoms with Gasteiger partial charge in [0.1, 0.15) is 5.82 Å². The predicted molar refractivity (Wildman–Crippen MR) is 59.8 cm³/mol. The molecule has 0 aliphatic rings. The van der Waals surface area contributed by atoms with Crippen molar-refractivity contribution in [2.75, 3.05) is 18.6 Å². The van der Waals surface area contributed by atoms with Gasteiger partial charge in [-0.2, -0.15) is 0 Å². The van der Waals surface area contributed by atoms with Crippen LogP contribution >= 0.6 is 0 Å². The highest BCUT2D eigenvalue weighted by molar-refractivity contribution is 7.90. The van der Waals surface area contributed by atoms with Crippen LogP contribution in [0.4, 0.5) is 5.82 Å². The van der Waals surface area contributed by atoms with Crippen LogP contribution in [0.3, 0.4) is 0 Å². The molecular formula is C9H13N3O3S. The molecular weight excluding hydrogens is 230 g/mol. The third kappa shape index (κ3) is 3.20. The first-order valence-electron chi connectivity index (χ1n) is 4.50. The quantitative estimate of drug-likeness (QED) is 0.746. The molecule has 0 bridgehead atoms. The molecule has 1 heterocycles. The summed E-state index contributed by atoms with van der Waals surface area (Å²) in [5.41, 5.74) is 5.57. The summed E-state index contributed by atoms with van der Waals surface area (Å²) in [4.78, 5) is 14.6. The van der Waals surface area contributed by atoms with Crippen molar-refractivity contribution in [1.82, 2.24) is 4.98 Å². The molecule has 1 aromatic heterocycles. The van der Waals surface area contributed by atoms with E-state index in [2.05, 4.69) is 10.3 Å². The Labute approximate surface area is 93.8 Å². The zero-order valence-corrected chi connectivity index (χ0v) is 9.84. The van der Waals surface area contributed by atoms with Gasteiger partial charge in [-0.05, 0) is 17.7 Å². The second kappa shape index (κ2) is 4.48. The second-order valence-corrected chi connectivity index (χ2v) is 5.33. The highest BCUT2D eigenvalue weighted by Gasteiger charge is 2.12. The Hall–Kier alpha value is -1.63. The van der Waals surface area contributed by atoms with Gasteiger partial charge in [0.25, 0.3) is 0 Å². The number of pyridine rings is 1. The molecule has 0 spiro atoms. The number of nitrogens with zero attached hydrogens (tertiary/aromatic N) is 1. The zero-order chi connectivity index (χ0) is 12.3. The topological polar surface area (TPSA) is 102 Å². The molecule has 0 saturated heterocycles. The summed E-state index contributed by atoms with van der Waals surface area (Å²) in [6.45, 7) is 0. The number of carbonyl (C=O) groups excluding carboxylic acids is 1. The van der Waals surface area contributed by atoms with Gasteiger partial charge in [-0.3, -0.25) is 4.79 Å². The van der Waals surface area contributed by atoms with Crippen LogP contribution in [0.25, 0.3) is 0 Å². The number of nitrogens with one attached hydrogen (secondary N) is 1. The van der Waals surface area contributed by atoms with Crippen LogP contribution in [-0.2, 0) is 21.1 Å². The maximum atomic E-state index is 11.3. The van der Waals surface area contributed by atoms with E-state index in [0.717, 1.165) is 6.26 Å². The molecule has 7 heteroatoms. The number of nitrogens with two attached hydrogens (primary N) is 1. The van der Waals surface area contributed by atoms with Gasteiger partial charge >= 0.3 is 0 Å². The van der Waals surface area contributed by atoms with Gasteiger partial charge in [0.05, 0.1) is 6.42 Å². The molecule has 0 aliphatic heterocycles. The lowest BCUT2D eigenvalue weighted by Crippen LogP contribution is -2.14. The summed E-state index contributed by atoms with van der Waals surface area (Å²) >= 11 is 0. The Morgan fingerprint density at radius 1 is 1.50 bits per heavy atom. The largest absolute Gasteiger partial charge is 0.373 e. The third-order valence-electron chi connectivity index (χ3n) is 1.88. The first-order valence-corrected chi connectivity index (χ1v) is 6.39. The molecule has 88 valence electrons. The minimum Gasteiger partial charge on any atom is -0.373 e. The van der Waals surface area contributed by atoms with Crippen LogP contribution < -0.4 is 11.1 Å². The van der Waals surface area contributed by atoms with Gasteiger partial charge in [-0.1, -0.05) is 0 Å². The fraction of sp³-hybridized carbons (Fsp3) is 0.333. The van der Waals surface area contributed by atoms with Crippen molar-refractivity contribution >= 4 is 21.6 Å². The van der Waals surface area contributed by atoms with Gasteiger partial charge in [0, 0.05) is 13.3 Å². The van der Waals surface area contributed by atoms with Gasteiger partial charge in [-0.25, -0.2) is 13.4 Å². The van der Waals surface area contributed by atoms with Gasteiger partial charge < -0.3 is 11.1 Å². The lowest BCUT2D eigenvalue weighted by atomic mass is 10.2. The standard InChI is InChI=1S/C9H13N3O3S/c1-11-8-4-6(3-7(10)13)5-9(12-8)16(2,14)15/h4-5H,3H2,1-2H3,(H2,10,13)(H,11,12). The predicted octanol–water partition coefficient (Wildman–Crippen LogP) is -0.445. The molecule has 0 aromatic carbocycles. The maximum Gasteiger partial charge on any atom is 0.221 e. The number of anilines is 1. The van der Waals surface area contributed by atoms with Crippen LogP contribution in [0.2, 0.25) is 0 Å². The van der Waals surface area contributed by atoms with Gasteiger partial charge in [0.2, 0.25) is 5.91 Å². The second-order valence-electron chi connectivity index (χ2n) is 3.36. The van der Waals surface area contributed by atoms with E-state index in [1.807, 2.05) is 0 Å². The Kier molecular flexibility index (Phi) is 3.48. The smallest absolute Gasteiger partial charge is 0.221 e. The Morgan fingerprint density at radius 2 is 2.12 bits per heavy atom. The number of aromatic nitrogens is 1. The van der Waals surface area contributed by atoms with E-state index in [-0.39, 0.29) is 11.4 Å². The van der Waals surface area contributed by atoms with E-state index in [4.69, 9.17) is 5.73 Å². The molecule has 0 atom stereocenters. The van der Waals surface area contributed by atoms with Crippen LogP contribution in [0.5, 0.6) is 0 Å². The van der Waals surface area contributed by atoms with E-state index >= 15 is 0 Å². The Balaban J connectivity index is 3.26. The van der Waals surface area contributed by atoms with Crippen molar-refractivity contribution in [3.05, 3.63) is 17.7 Å². The van der Waals surface area contributed by atoms with Crippen LogP contribution in [0.1, 0.15) is 5.56 Å². The molecule has 0 unspecified atom stereocenters. The fourth-order valence-electron chi connectivity index (χ4n) is 1.18. The third-order valence-corrected chi connectivity index (χ3v) is 2.84. The van der Waals surface area contributed by atoms with E-state index in [9.17, 15) is 13.2 Å². The van der Waals surface area contributed by atoms with Crippen molar-refractivity contribution < 1.29 is 13.2 Å². The van der Waals surface area contributed by atoms with E-state index in [1.165, 1.54) is 6.07 Å². The number of amides is 1. The van der Waals surface area contributed by atoms with Crippen molar-refractivity contribution in [3.63, 3.8) is 0 Å². The average molecular weight is 243 g/mol. The van der Waals surface area contributed by atoms with Crippen molar-refractivity contribution in [2.24, 2.45) is 5.73 Å². The number of sulfone groups is 1. The van der Waals surface area contributed by atoms with Crippen LogP contribution in [-0.4, -0.2) is 32.6 Å². The summed E-state index contributed by atoms with van der Waals surface area (Å²) in [6.07, 6.45) is 1.04. The average Bonchev–Trinajstić information content (AvgIpc) is 2.14. The van der Waals surface area contributed by atoms with Gasteiger partial charge in [0.15, 0.2) is 14.9 Å². The van der Waals surface area contributed by atoms with Crippen molar-refractivity contribution in [2.45, 2.75) is 11.4 Å². The van der Waals surface area contributed by atoms with E-state index in [1.54, 1.807) is 13.1 Å². The maximum absolute atomic E-state index is 11.3. The Morgan fingerprint density at radius 3 is 2.56 bits per heavy atom. The number of primary amides is 1. The summed E-state index contributed by atoms with van der Waals surface area (Å²) in [5, 5.41) is 2.65. The molecule has 0 fully saturated rings. The van der Waals surface area contributed by atoms with Gasteiger partial charge in [-0.15, -0.1) is 0 Å². The molecule has 6 nitrogen and oxygen atoms in total. The fourth-order valence-corrected chi connectivity index (χ4v) is 1.81. The zero-order valence-electron chi connectivity index (χ0n) is 9.02. The molecule has 16 heavy (non-hydrogen) atoms. The monoisotopic (exact) mass is 243 g/mol. The first-order chi connectivity index (χ1) is 7.32. The summed E-state index contributed by atoms with van der Waals surface area (Å²) in [5.74, 6) is -0.133.